The number of phenols is 1. The van der Waals surface area contributed by atoms with Gasteiger partial charge in [0.25, 0.3) is 5.91 Å². The molecule has 0 heterocycles. The second kappa shape index (κ2) is 7.35. The van der Waals surface area contributed by atoms with E-state index < -0.39 is 18.0 Å². The first-order valence-corrected chi connectivity index (χ1v) is 7.38. The van der Waals surface area contributed by atoms with Crippen molar-refractivity contribution >= 4 is 40.8 Å². The minimum absolute atomic E-state index is 0.0653. The molecule has 1 amide bonds. The Balaban J connectivity index is 2.01. The normalized spacial score (nSPS) is 11.6. The number of carbonyl (C=O) groups excluding carboxylic acids is 2. The molecule has 2 aromatic carbocycles. The number of anilines is 1. The Morgan fingerprint density at radius 1 is 1.17 bits per heavy atom. The summed E-state index contributed by atoms with van der Waals surface area (Å²) in [5, 5.41) is 12.6. The first-order valence-electron chi connectivity index (χ1n) is 6.63. The van der Waals surface area contributed by atoms with Gasteiger partial charge in [0.2, 0.25) is 0 Å². The van der Waals surface area contributed by atoms with E-state index in [9.17, 15) is 14.7 Å². The van der Waals surface area contributed by atoms with Gasteiger partial charge in [0.05, 0.1) is 16.3 Å². The standard InChI is InChI=1S/C16H13Cl2NO4/c1-9(23-16(22)10-3-2-4-12(20)7-10)15(21)19-14-6-5-11(17)8-13(14)18/h2-9,20H,1H3,(H,19,21). The highest BCUT2D eigenvalue weighted by Gasteiger charge is 2.20. The number of phenolic OH excluding ortho intramolecular Hbond substituents is 1. The first-order chi connectivity index (χ1) is 10.9. The van der Waals surface area contributed by atoms with Crippen LogP contribution >= 0.6 is 23.2 Å². The van der Waals surface area contributed by atoms with E-state index in [4.69, 9.17) is 27.9 Å². The summed E-state index contributed by atoms with van der Waals surface area (Å²) < 4.78 is 5.06. The molecule has 0 aliphatic rings. The van der Waals surface area contributed by atoms with Gasteiger partial charge in [0.15, 0.2) is 6.10 Å². The molecule has 7 heteroatoms. The molecule has 2 aromatic rings. The molecule has 1 unspecified atom stereocenters. The van der Waals surface area contributed by atoms with Crippen LogP contribution in [-0.2, 0) is 9.53 Å². The number of ether oxygens (including phenoxy) is 1. The molecule has 2 rings (SSSR count). The van der Waals surface area contributed by atoms with E-state index in [1.54, 1.807) is 12.1 Å². The Morgan fingerprint density at radius 2 is 1.91 bits per heavy atom. The predicted octanol–water partition coefficient (Wildman–Crippen LogP) is 3.88. The van der Waals surface area contributed by atoms with Crippen LogP contribution in [0.25, 0.3) is 0 Å². The van der Waals surface area contributed by atoms with Gasteiger partial charge in [-0.25, -0.2) is 4.79 Å². The fourth-order valence-electron chi connectivity index (χ4n) is 1.74. The number of hydrogen-bond donors (Lipinski definition) is 2. The molecule has 5 nitrogen and oxygen atoms in total. The summed E-state index contributed by atoms with van der Waals surface area (Å²) in [5.74, 6) is -1.32. The van der Waals surface area contributed by atoms with Crippen LogP contribution in [0.5, 0.6) is 5.75 Å². The van der Waals surface area contributed by atoms with Crippen LogP contribution in [0, 0.1) is 0 Å². The minimum Gasteiger partial charge on any atom is -0.508 e. The second-order valence-electron chi connectivity index (χ2n) is 4.71. The van der Waals surface area contributed by atoms with Gasteiger partial charge in [0, 0.05) is 5.02 Å². The maximum Gasteiger partial charge on any atom is 0.339 e. The monoisotopic (exact) mass is 353 g/mol. The third kappa shape index (κ3) is 4.61. The van der Waals surface area contributed by atoms with Gasteiger partial charge < -0.3 is 15.2 Å². The number of aromatic hydroxyl groups is 1. The lowest BCUT2D eigenvalue weighted by Gasteiger charge is -2.14. The molecule has 0 spiro atoms. The van der Waals surface area contributed by atoms with Crippen LogP contribution in [-0.4, -0.2) is 23.1 Å². The quantitative estimate of drug-likeness (QED) is 0.817. The van der Waals surface area contributed by atoms with Gasteiger partial charge in [-0.05, 0) is 43.3 Å². The van der Waals surface area contributed by atoms with Crippen molar-refractivity contribution in [3.05, 3.63) is 58.1 Å². The highest BCUT2D eigenvalue weighted by atomic mass is 35.5. The SMILES string of the molecule is CC(OC(=O)c1cccc(O)c1)C(=O)Nc1ccc(Cl)cc1Cl. The number of nitrogens with one attached hydrogen (secondary N) is 1. The van der Waals surface area contributed by atoms with E-state index in [1.165, 1.54) is 37.3 Å². The maximum absolute atomic E-state index is 12.1. The zero-order valence-electron chi connectivity index (χ0n) is 12.0. The average molecular weight is 354 g/mol. The topological polar surface area (TPSA) is 75.6 Å². The van der Waals surface area contributed by atoms with Crippen LogP contribution in [0.4, 0.5) is 5.69 Å². The highest BCUT2D eigenvalue weighted by molar-refractivity contribution is 6.36. The van der Waals surface area contributed by atoms with Gasteiger partial charge in [-0.1, -0.05) is 29.3 Å². The summed E-state index contributed by atoms with van der Waals surface area (Å²) >= 11 is 11.7. The summed E-state index contributed by atoms with van der Waals surface area (Å²) in [4.78, 5) is 24.0. The third-order valence-corrected chi connectivity index (χ3v) is 3.47. The van der Waals surface area contributed by atoms with Crippen molar-refractivity contribution in [2.75, 3.05) is 5.32 Å². The number of amides is 1. The molecular weight excluding hydrogens is 341 g/mol. The van der Waals surface area contributed by atoms with Gasteiger partial charge in [-0.3, -0.25) is 4.79 Å². The molecule has 0 aliphatic heterocycles. The third-order valence-electron chi connectivity index (χ3n) is 2.92. The van der Waals surface area contributed by atoms with Crippen molar-refractivity contribution in [2.24, 2.45) is 0 Å². The molecular formula is C16H13Cl2NO4. The van der Waals surface area contributed by atoms with E-state index in [2.05, 4.69) is 5.32 Å². The van der Waals surface area contributed by atoms with Crippen molar-refractivity contribution in [1.29, 1.82) is 0 Å². The molecule has 2 N–H and O–H groups in total. The van der Waals surface area contributed by atoms with Crippen molar-refractivity contribution in [1.82, 2.24) is 0 Å². The van der Waals surface area contributed by atoms with Gasteiger partial charge in [-0.2, -0.15) is 0 Å². The Kier molecular flexibility index (Phi) is 5.47. The van der Waals surface area contributed by atoms with E-state index >= 15 is 0 Å². The molecule has 0 saturated carbocycles. The average Bonchev–Trinajstić information content (AvgIpc) is 2.49. The molecule has 0 aromatic heterocycles. The Bertz CT molecular complexity index is 749. The summed E-state index contributed by atoms with van der Waals surface area (Å²) in [7, 11) is 0. The molecule has 0 bridgehead atoms. The molecule has 0 radical (unpaired) electrons. The summed E-state index contributed by atoms with van der Waals surface area (Å²) in [6.45, 7) is 1.43. The highest BCUT2D eigenvalue weighted by Crippen LogP contribution is 2.25. The van der Waals surface area contributed by atoms with Crippen molar-refractivity contribution in [2.45, 2.75) is 13.0 Å². The zero-order chi connectivity index (χ0) is 17.0. The number of carbonyl (C=O) groups is 2. The van der Waals surface area contributed by atoms with Crippen LogP contribution in [0.2, 0.25) is 10.0 Å². The van der Waals surface area contributed by atoms with Crippen molar-refractivity contribution in [3.8, 4) is 5.75 Å². The Morgan fingerprint density at radius 3 is 2.57 bits per heavy atom. The lowest BCUT2D eigenvalue weighted by molar-refractivity contribution is -0.123. The van der Waals surface area contributed by atoms with Gasteiger partial charge in [-0.15, -0.1) is 0 Å². The number of esters is 1. The molecule has 23 heavy (non-hydrogen) atoms. The molecule has 0 aliphatic carbocycles. The number of hydrogen-bond acceptors (Lipinski definition) is 4. The van der Waals surface area contributed by atoms with E-state index in [-0.39, 0.29) is 16.3 Å². The van der Waals surface area contributed by atoms with E-state index in [1.807, 2.05) is 0 Å². The number of rotatable bonds is 4. The summed E-state index contributed by atoms with van der Waals surface area (Å²) in [6, 6.07) is 10.3. The van der Waals surface area contributed by atoms with Crippen molar-refractivity contribution < 1.29 is 19.4 Å². The fourth-order valence-corrected chi connectivity index (χ4v) is 2.20. The van der Waals surface area contributed by atoms with E-state index in [0.29, 0.717) is 10.7 Å². The molecule has 1 atom stereocenters. The predicted molar refractivity (Wildman–Crippen MR) is 88.1 cm³/mol. The number of benzene rings is 2. The molecule has 0 fully saturated rings. The Hall–Kier alpha value is -2.24. The molecule has 120 valence electrons. The van der Waals surface area contributed by atoms with Crippen LogP contribution in [0.3, 0.4) is 0 Å². The first kappa shape index (κ1) is 17.1. The lowest BCUT2D eigenvalue weighted by atomic mass is 10.2. The minimum atomic E-state index is -1.04. The van der Waals surface area contributed by atoms with Crippen LogP contribution < -0.4 is 5.32 Å². The second-order valence-corrected chi connectivity index (χ2v) is 5.55. The Labute approximate surface area is 142 Å². The van der Waals surface area contributed by atoms with Gasteiger partial charge >= 0.3 is 5.97 Å². The summed E-state index contributed by atoms with van der Waals surface area (Å²) in [5.41, 5.74) is 0.510. The number of halogens is 2. The largest absolute Gasteiger partial charge is 0.508 e. The smallest absolute Gasteiger partial charge is 0.339 e. The van der Waals surface area contributed by atoms with Crippen LogP contribution in [0.1, 0.15) is 17.3 Å². The van der Waals surface area contributed by atoms with Gasteiger partial charge in [0.1, 0.15) is 5.75 Å². The fraction of sp³-hybridized carbons (Fsp3) is 0.125. The molecule has 0 saturated heterocycles. The van der Waals surface area contributed by atoms with E-state index in [0.717, 1.165) is 0 Å². The van der Waals surface area contributed by atoms with Crippen LogP contribution in [0.15, 0.2) is 42.5 Å². The van der Waals surface area contributed by atoms with Crippen molar-refractivity contribution in [3.63, 3.8) is 0 Å². The summed E-state index contributed by atoms with van der Waals surface area (Å²) in [6.07, 6.45) is -1.04. The lowest BCUT2D eigenvalue weighted by Crippen LogP contribution is -2.30. The zero-order valence-corrected chi connectivity index (χ0v) is 13.6. The maximum atomic E-state index is 12.1.